The van der Waals surface area contributed by atoms with Crippen molar-refractivity contribution in [3.8, 4) is 0 Å². The van der Waals surface area contributed by atoms with Gasteiger partial charge in [-0.05, 0) is 0 Å². The van der Waals surface area contributed by atoms with E-state index < -0.39 is 19.0 Å². The van der Waals surface area contributed by atoms with Gasteiger partial charge >= 0.3 is 0 Å². The lowest BCUT2D eigenvalue weighted by molar-refractivity contribution is 0.0515. The van der Waals surface area contributed by atoms with Crippen LogP contribution < -0.4 is 0 Å². The second-order valence-electron chi connectivity index (χ2n) is 1.49. The van der Waals surface area contributed by atoms with Crippen LogP contribution in [0.2, 0.25) is 0 Å². The molecule has 0 spiro atoms. The molecule has 0 aromatic carbocycles. The molecule has 0 aliphatic rings. The van der Waals surface area contributed by atoms with Gasteiger partial charge in [0.15, 0.2) is 0 Å². The molecule has 1 N–H and O–H groups in total. The third kappa shape index (κ3) is 2.51. The Hall–Kier alpha value is -0.180. The molecule has 1 nitrogen and oxygen atoms in total. The van der Waals surface area contributed by atoms with Crippen LogP contribution in [0.15, 0.2) is 0 Å². The molecule has 0 aliphatic heterocycles. The smallest absolute Gasteiger partial charge is 0.243 e. The third-order valence-electron chi connectivity index (χ3n) is 0.718. The Balaban J connectivity index is 3.14. The van der Waals surface area contributed by atoms with Crippen LogP contribution in [0.25, 0.3) is 0 Å². The Bertz CT molecular complexity index is 47.0. The first-order valence-corrected chi connectivity index (χ1v) is 2.07. The van der Waals surface area contributed by atoms with Crippen LogP contribution in [0, 0.1) is 5.92 Å². The van der Waals surface area contributed by atoms with Crippen molar-refractivity contribution >= 4 is 0 Å². The lowest BCUT2D eigenvalue weighted by Crippen LogP contribution is -2.10. The lowest BCUT2D eigenvalue weighted by atomic mass is 10.2. The first kappa shape index (κ1) is 6.82. The SMILES string of the molecule is CC(CO)C(F)F. The number of rotatable bonds is 2. The molecular formula is C4H8F2O. The summed E-state index contributed by atoms with van der Waals surface area (Å²) in [6.45, 7) is 0.863. The summed E-state index contributed by atoms with van der Waals surface area (Å²) in [7, 11) is 0. The number of aliphatic hydroxyl groups excluding tert-OH is 1. The average molecular weight is 110 g/mol. The molecule has 0 saturated carbocycles. The van der Waals surface area contributed by atoms with Crippen molar-refractivity contribution in [3.05, 3.63) is 0 Å². The van der Waals surface area contributed by atoms with Gasteiger partial charge < -0.3 is 5.11 Å². The highest BCUT2D eigenvalue weighted by Crippen LogP contribution is 2.05. The van der Waals surface area contributed by atoms with E-state index in [1.807, 2.05) is 0 Å². The van der Waals surface area contributed by atoms with E-state index in [9.17, 15) is 8.78 Å². The minimum absolute atomic E-state index is 0.433. The molecule has 0 fully saturated rings. The van der Waals surface area contributed by atoms with E-state index in [1.54, 1.807) is 0 Å². The number of alkyl halides is 2. The first-order valence-electron chi connectivity index (χ1n) is 2.07. The van der Waals surface area contributed by atoms with Gasteiger partial charge in [0, 0.05) is 5.92 Å². The van der Waals surface area contributed by atoms with Crippen LogP contribution >= 0.6 is 0 Å². The monoisotopic (exact) mass is 110 g/mol. The van der Waals surface area contributed by atoms with Gasteiger partial charge in [-0.2, -0.15) is 0 Å². The Morgan fingerprint density at radius 2 is 2.00 bits per heavy atom. The Morgan fingerprint density at radius 1 is 1.57 bits per heavy atom. The summed E-state index contributed by atoms with van der Waals surface area (Å²) < 4.78 is 22.5. The van der Waals surface area contributed by atoms with Gasteiger partial charge in [0.05, 0.1) is 6.61 Å². The van der Waals surface area contributed by atoms with E-state index in [0.717, 1.165) is 0 Å². The van der Waals surface area contributed by atoms with E-state index >= 15 is 0 Å². The maximum atomic E-state index is 11.3. The minimum Gasteiger partial charge on any atom is -0.396 e. The van der Waals surface area contributed by atoms with Crippen molar-refractivity contribution in [2.24, 2.45) is 5.92 Å². The summed E-state index contributed by atoms with van der Waals surface area (Å²) in [4.78, 5) is 0. The van der Waals surface area contributed by atoms with Crippen LogP contribution in [0.1, 0.15) is 6.92 Å². The van der Waals surface area contributed by atoms with Gasteiger partial charge in [-0.3, -0.25) is 0 Å². The molecule has 0 saturated heterocycles. The van der Waals surface area contributed by atoms with Crippen molar-refractivity contribution in [2.45, 2.75) is 13.3 Å². The fourth-order valence-corrected chi connectivity index (χ4v) is 0.0797. The van der Waals surface area contributed by atoms with Crippen molar-refractivity contribution in [1.82, 2.24) is 0 Å². The van der Waals surface area contributed by atoms with Crippen LogP contribution in [-0.4, -0.2) is 18.1 Å². The quantitative estimate of drug-likeness (QED) is 0.559. The first-order chi connectivity index (χ1) is 3.18. The lowest BCUT2D eigenvalue weighted by Gasteiger charge is -2.02. The molecule has 0 aromatic heterocycles. The molecule has 7 heavy (non-hydrogen) atoms. The van der Waals surface area contributed by atoms with Gasteiger partial charge in [-0.15, -0.1) is 0 Å². The second kappa shape index (κ2) is 2.91. The number of hydrogen-bond donors (Lipinski definition) is 1. The molecule has 0 radical (unpaired) electrons. The molecule has 1 atom stereocenters. The highest BCUT2D eigenvalue weighted by Gasteiger charge is 2.11. The molecule has 3 heteroatoms. The summed E-state index contributed by atoms with van der Waals surface area (Å²) in [5.74, 6) is -0.875. The molecule has 0 aromatic rings. The van der Waals surface area contributed by atoms with Crippen LogP contribution in [0.4, 0.5) is 8.78 Å². The topological polar surface area (TPSA) is 20.2 Å². The maximum absolute atomic E-state index is 11.3. The van der Waals surface area contributed by atoms with Gasteiger partial charge in [-0.25, -0.2) is 8.78 Å². The van der Waals surface area contributed by atoms with E-state index in [1.165, 1.54) is 6.92 Å². The van der Waals surface area contributed by atoms with Gasteiger partial charge in [0.25, 0.3) is 0 Å². The molecule has 0 aliphatic carbocycles. The summed E-state index contributed by atoms with van der Waals surface area (Å²) in [6, 6.07) is 0. The normalized spacial score (nSPS) is 15.0. The average Bonchev–Trinajstić information content (AvgIpc) is 1.65. The molecule has 1 unspecified atom stereocenters. The van der Waals surface area contributed by atoms with Gasteiger partial charge in [0.1, 0.15) is 0 Å². The summed E-state index contributed by atoms with van der Waals surface area (Å²) in [6.07, 6.45) is -2.38. The molecule has 0 bridgehead atoms. The van der Waals surface area contributed by atoms with E-state index in [2.05, 4.69) is 0 Å². The third-order valence-corrected chi connectivity index (χ3v) is 0.718. The van der Waals surface area contributed by atoms with E-state index in [4.69, 9.17) is 5.11 Å². The van der Waals surface area contributed by atoms with Crippen molar-refractivity contribution in [3.63, 3.8) is 0 Å². The molecule has 44 valence electrons. The van der Waals surface area contributed by atoms with Crippen LogP contribution in [-0.2, 0) is 0 Å². The molecule has 0 heterocycles. The predicted molar refractivity (Wildman–Crippen MR) is 22.3 cm³/mol. The minimum atomic E-state index is -2.38. The Labute approximate surface area is 41.0 Å². The predicted octanol–water partition coefficient (Wildman–Crippen LogP) is 0.880. The molecular weight excluding hydrogens is 102 g/mol. The fourth-order valence-electron chi connectivity index (χ4n) is 0.0797. The Morgan fingerprint density at radius 3 is 2.00 bits per heavy atom. The molecule has 0 amide bonds. The maximum Gasteiger partial charge on any atom is 0.243 e. The highest BCUT2D eigenvalue weighted by molar-refractivity contribution is 4.49. The zero-order valence-electron chi connectivity index (χ0n) is 4.06. The fraction of sp³-hybridized carbons (Fsp3) is 1.00. The van der Waals surface area contributed by atoms with Crippen molar-refractivity contribution in [2.75, 3.05) is 6.61 Å². The highest BCUT2D eigenvalue weighted by atomic mass is 19.3. The van der Waals surface area contributed by atoms with Crippen molar-refractivity contribution in [1.29, 1.82) is 0 Å². The Kier molecular flexibility index (Phi) is 2.83. The van der Waals surface area contributed by atoms with Crippen LogP contribution in [0.3, 0.4) is 0 Å². The summed E-state index contributed by atoms with van der Waals surface area (Å²) >= 11 is 0. The van der Waals surface area contributed by atoms with Crippen molar-refractivity contribution < 1.29 is 13.9 Å². The van der Waals surface area contributed by atoms with Gasteiger partial charge in [-0.1, -0.05) is 6.92 Å². The van der Waals surface area contributed by atoms with Gasteiger partial charge in [0.2, 0.25) is 6.43 Å². The second-order valence-corrected chi connectivity index (χ2v) is 1.49. The number of aliphatic hydroxyl groups is 1. The zero-order chi connectivity index (χ0) is 5.86. The van der Waals surface area contributed by atoms with E-state index in [0.29, 0.717) is 0 Å². The van der Waals surface area contributed by atoms with Crippen LogP contribution in [0.5, 0.6) is 0 Å². The number of hydrogen-bond acceptors (Lipinski definition) is 1. The largest absolute Gasteiger partial charge is 0.396 e. The van der Waals surface area contributed by atoms with E-state index in [-0.39, 0.29) is 0 Å². The molecule has 0 rings (SSSR count). The standard InChI is InChI=1S/C4H8F2O/c1-3(2-7)4(5)6/h3-4,7H,2H2,1H3. The summed E-state index contributed by atoms with van der Waals surface area (Å²) in [5, 5.41) is 8.03. The summed E-state index contributed by atoms with van der Waals surface area (Å²) in [5.41, 5.74) is 0. The number of halogens is 2. The zero-order valence-corrected chi connectivity index (χ0v) is 4.06.